The van der Waals surface area contributed by atoms with E-state index in [-0.39, 0.29) is 18.5 Å². The van der Waals surface area contributed by atoms with E-state index >= 15 is 0 Å². The highest BCUT2D eigenvalue weighted by Crippen LogP contribution is 2.39. The summed E-state index contributed by atoms with van der Waals surface area (Å²) in [4.78, 5) is 23.8. The molecule has 1 heterocycles. The largest absolute Gasteiger partial charge is 0.456 e. The molecule has 138 valence electrons. The van der Waals surface area contributed by atoms with Gasteiger partial charge in [-0.1, -0.05) is 45.7 Å². The Kier molecular flexibility index (Phi) is 8.16. The molecule has 1 fully saturated rings. The number of carbonyl (C=O) groups excluding carboxylic acids is 2. The van der Waals surface area contributed by atoms with E-state index in [1.807, 2.05) is 54.5 Å². The number of carbonyl (C=O) groups is 2. The van der Waals surface area contributed by atoms with Crippen LogP contribution in [0.1, 0.15) is 48.8 Å². The molecule has 25 heavy (non-hydrogen) atoms. The average molecular weight is 382 g/mol. The van der Waals surface area contributed by atoms with Crippen LogP contribution in [0.3, 0.4) is 0 Å². The van der Waals surface area contributed by atoms with Gasteiger partial charge >= 0.3 is 5.97 Å². The fourth-order valence-electron chi connectivity index (χ4n) is 2.98. The first-order valence-corrected chi connectivity index (χ1v) is 11.2. The van der Waals surface area contributed by atoms with Gasteiger partial charge in [0.25, 0.3) is 5.91 Å². The van der Waals surface area contributed by atoms with Crippen molar-refractivity contribution in [1.29, 1.82) is 0 Å². The second-order valence-corrected chi connectivity index (χ2v) is 9.34. The molecule has 0 aromatic heterocycles. The first kappa shape index (κ1) is 20.2. The number of aryl methyl sites for hydroxylation is 3. The molecule has 1 aromatic carbocycles. The normalized spacial score (nSPS) is 16.7. The second-order valence-electron chi connectivity index (χ2n) is 6.56. The number of anilines is 1. The Morgan fingerprint density at radius 1 is 1.20 bits per heavy atom. The Morgan fingerprint density at radius 2 is 1.92 bits per heavy atom. The molecule has 1 aromatic rings. The van der Waals surface area contributed by atoms with E-state index in [4.69, 9.17) is 4.74 Å². The zero-order valence-electron chi connectivity index (χ0n) is 15.2. The Hall–Kier alpha value is -1.14. The van der Waals surface area contributed by atoms with Crippen molar-refractivity contribution in [2.75, 3.05) is 17.7 Å². The van der Waals surface area contributed by atoms with E-state index in [9.17, 15) is 9.59 Å². The van der Waals surface area contributed by atoms with E-state index < -0.39 is 0 Å². The van der Waals surface area contributed by atoms with E-state index in [2.05, 4.69) is 5.32 Å². The Bertz CT molecular complexity index is 590. The summed E-state index contributed by atoms with van der Waals surface area (Å²) >= 11 is 0. The monoisotopic (exact) mass is 381 g/mol. The highest BCUT2D eigenvalue weighted by Gasteiger charge is 2.16. The van der Waals surface area contributed by atoms with Gasteiger partial charge in [0.2, 0.25) is 0 Å². The number of amides is 1. The van der Waals surface area contributed by atoms with Crippen LogP contribution in [0.15, 0.2) is 12.1 Å². The number of ether oxygens (including phenoxy) is 1. The van der Waals surface area contributed by atoms with Crippen molar-refractivity contribution < 1.29 is 14.3 Å². The van der Waals surface area contributed by atoms with Crippen molar-refractivity contribution in [3.8, 4) is 0 Å². The molecule has 4 nitrogen and oxygen atoms in total. The minimum absolute atomic E-state index is 0.222. The Morgan fingerprint density at radius 3 is 2.56 bits per heavy atom. The summed E-state index contributed by atoms with van der Waals surface area (Å²) in [6.07, 6.45) is 4.70. The van der Waals surface area contributed by atoms with Crippen LogP contribution in [0.5, 0.6) is 0 Å². The van der Waals surface area contributed by atoms with Gasteiger partial charge in [-0.3, -0.25) is 9.59 Å². The summed E-state index contributed by atoms with van der Waals surface area (Å²) in [7, 11) is 3.91. The third-order valence-corrected chi connectivity index (χ3v) is 7.20. The van der Waals surface area contributed by atoms with Gasteiger partial charge in [0.05, 0.1) is 0 Å². The molecule has 2 rings (SSSR count). The summed E-state index contributed by atoms with van der Waals surface area (Å²) in [5.74, 6) is 0.663. The van der Waals surface area contributed by atoms with E-state index in [1.54, 1.807) is 0 Å². The summed E-state index contributed by atoms with van der Waals surface area (Å²) in [6, 6.07) is 4.05. The van der Waals surface area contributed by atoms with Crippen LogP contribution in [-0.2, 0) is 14.3 Å². The first-order chi connectivity index (χ1) is 12.0. The maximum Gasteiger partial charge on any atom is 0.306 e. The summed E-state index contributed by atoms with van der Waals surface area (Å²) in [6.45, 7) is 5.73. The highest BCUT2D eigenvalue weighted by molar-refractivity contribution is 8.77. The van der Waals surface area contributed by atoms with E-state index in [1.165, 1.54) is 12.2 Å². The lowest BCUT2D eigenvalue weighted by molar-refractivity contribution is -0.147. The standard InChI is InChI=1S/C19H27NO3S2/c1-13-10-14(2)19(15(3)11-13)20-17(21)12-23-18(22)7-5-4-6-16-8-9-24-25-16/h10-11,16H,4-9,12H2,1-3H3,(H,20,21)/t16-/m0/s1. The van der Waals surface area contributed by atoms with E-state index in [0.29, 0.717) is 6.42 Å². The van der Waals surface area contributed by atoms with Crippen molar-refractivity contribution in [2.24, 2.45) is 0 Å². The number of esters is 1. The molecule has 0 aliphatic carbocycles. The van der Waals surface area contributed by atoms with Gasteiger partial charge < -0.3 is 10.1 Å². The lowest BCUT2D eigenvalue weighted by Gasteiger charge is -2.13. The first-order valence-electron chi connectivity index (χ1n) is 8.77. The molecule has 0 unspecified atom stereocenters. The molecule has 1 atom stereocenters. The topological polar surface area (TPSA) is 55.4 Å². The number of nitrogens with one attached hydrogen (secondary N) is 1. The number of unbranched alkanes of at least 4 members (excludes halogenated alkanes) is 1. The van der Waals surface area contributed by atoms with Crippen molar-refractivity contribution in [3.63, 3.8) is 0 Å². The molecule has 1 N–H and O–H groups in total. The lowest BCUT2D eigenvalue weighted by atomic mass is 10.1. The van der Waals surface area contributed by atoms with Gasteiger partial charge in [-0.2, -0.15) is 0 Å². The molecule has 0 saturated carbocycles. The zero-order valence-corrected chi connectivity index (χ0v) is 16.9. The van der Waals surface area contributed by atoms with Crippen molar-refractivity contribution in [2.45, 2.75) is 58.1 Å². The van der Waals surface area contributed by atoms with Crippen molar-refractivity contribution in [1.82, 2.24) is 0 Å². The quantitative estimate of drug-likeness (QED) is 0.398. The number of hydrogen-bond acceptors (Lipinski definition) is 5. The number of hydrogen-bond donors (Lipinski definition) is 1. The summed E-state index contributed by atoms with van der Waals surface area (Å²) in [5.41, 5.74) is 3.99. The third-order valence-electron chi connectivity index (χ3n) is 4.19. The van der Waals surface area contributed by atoms with Crippen molar-refractivity contribution >= 4 is 39.2 Å². The third kappa shape index (κ3) is 6.94. The highest BCUT2D eigenvalue weighted by atomic mass is 33.1. The van der Waals surface area contributed by atoms with Crippen molar-refractivity contribution in [3.05, 3.63) is 28.8 Å². The molecule has 0 bridgehead atoms. The molecular weight excluding hydrogens is 354 g/mol. The van der Waals surface area contributed by atoms with Crippen LogP contribution in [-0.4, -0.2) is 29.5 Å². The molecule has 0 radical (unpaired) electrons. The Labute approximate surface area is 158 Å². The molecule has 1 amide bonds. The number of benzene rings is 1. The average Bonchev–Trinajstić information content (AvgIpc) is 3.06. The smallest absolute Gasteiger partial charge is 0.306 e. The fraction of sp³-hybridized carbons (Fsp3) is 0.579. The van der Waals surface area contributed by atoms with Crippen LogP contribution in [0, 0.1) is 20.8 Å². The molecule has 6 heteroatoms. The van der Waals surface area contributed by atoms with Gasteiger partial charge in [0, 0.05) is 23.1 Å². The lowest BCUT2D eigenvalue weighted by Crippen LogP contribution is -2.21. The second kappa shape index (κ2) is 10.1. The molecule has 1 saturated heterocycles. The molecule has 0 spiro atoms. The van der Waals surface area contributed by atoms with Crippen LogP contribution >= 0.6 is 21.6 Å². The zero-order chi connectivity index (χ0) is 18.2. The molecule has 1 aliphatic rings. The molecule has 1 aliphatic heterocycles. The number of rotatable bonds is 8. The van der Waals surface area contributed by atoms with Crippen LogP contribution in [0.25, 0.3) is 0 Å². The van der Waals surface area contributed by atoms with Gasteiger partial charge in [0.1, 0.15) is 0 Å². The molecular formula is C19H27NO3S2. The van der Waals surface area contributed by atoms with Gasteiger partial charge in [-0.25, -0.2) is 0 Å². The maximum absolute atomic E-state index is 12.0. The van der Waals surface area contributed by atoms with Crippen LogP contribution in [0.2, 0.25) is 0 Å². The fourth-order valence-corrected chi connectivity index (χ4v) is 6.00. The summed E-state index contributed by atoms with van der Waals surface area (Å²) in [5, 5.41) is 3.59. The predicted molar refractivity (Wildman–Crippen MR) is 107 cm³/mol. The Balaban J connectivity index is 1.64. The van der Waals surface area contributed by atoms with Crippen LogP contribution in [0.4, 0.5) is 5.69 Å². The predicted octanol–water partition coefficient (Wildman–Crippen LogP) is 4.81. The van der Waals surface area contributed by atoms with Gasteiger partial charge in [-0.15, -0.1) is 0 Å². The minimum Gasteiger partial charge on any atom is -0.456 e. The SMILES string of the molecule is Cc1cc(C)c(NC(=O)COC(=O)CCCC[C@H]2CCSS2)c(C)c1. The van der Waals surface area contributed by atoms with E-state index in [0.717, 1.165) is 46.9 Å². The van der Waals surface area contributed by atoms with Gasteiger partial charge in [0.15, 0.2) is 6.61 Å². The van der Waals surface area contributed by atoms with Gasteiger partial charge in [-0.05, 0) is 51.2 Å². The minimum atomic E-state index is -0.291. The maximum atomic E-state index is 12.0. The summed E-state index contributed by atoms with van der Waals surface area (Å²) < 4.78 is 5.09. The van der Waals surface area contributed by atoms with Crippen LogP contribution < -0.4 is 5.32 Å².